The summed E-state index contributed by atoms with van der Waals surface area (Å²) in [6.45, 7) is 1.12. The minimum Gasteiger partial charge on any atom is -0.394 e. The number of thioether (sulfide) groups is 1. The maximum absolute atomic E-state index is 10.5. The van der Waals surface area contributed by atoms with E-state index in [0.29, 0.717) is 16.9 Å². The molecule has 0 saturated carbocycles. The Morgan fingerprint density at radius 1 is 1.12 bits per heavy atom. The number of anilines is 1. The quantitative estimate of drug-likeness (QED) is 0.312. The molecule has 0 bridgehead atoms. The van der Waals surface area contributed by atoms with Crippen molar-refractivity contribution in [3.63, 3.8) is 0 Å². The Kier molecular flexibility index (Phi) is 6.32. The van der Waals surface area contributed by atoms with Gasteiger partial charge in [0.25, 0.3) is 0 Å². The summed E-state index contributed by atoms with van der Waals surface area (Å²) >= 11 is 1.28. The number of fused-ring (bicyclic) bond motifs is 1. The van der Waals surface area contributed by atoms with Gasteiger partial charge in [0, 0.05) is 0 Å². The molecule has 0 spiro atoms. The van der Waals surface area contributed by atoms with Crippen LogP contribution in [-0.4, -0.2) is 81.8 Å². The fraction of sp³-hybridized carbons (Fsp3) is 0.615. The van der Waals surface area contributed by atoms with Gasteiger partial charge < -0.3 is 31.3 Å². The van der Waals surface area contributed by atoms with Crippen LogP contribution in [0.2, 0.25) is 0 Å². The first-order valence-electron chi connectivity index (χ1n) is 7.30. The van der Waals surface area contributed by atoms with Crippen LogP contribution in [-0.2, 0) is 0 Å². The van der Waals surface area contributed by atoms with Crippen molar-refractivity contribution in [1.29, 1.82) is 0 Å². The van der Waals surface area contributed by atoms with Gasteiger partial charge in [-0.3, -0.25) is 4.57 Å². The Balaban J connectivity index is 2.35. The largest absolute Gasteiger partial charge is 0.394 e. The summed E-state index contributed by atoms with van der Waals surface area (Å²) in [5, 5.41) is 48.0. The minimum absolute atomic E-state index is 0.185. The van der Waals surface area contributed by atoms with Gasteiger partial charge in [-0.05, 0) is 5.75 Å². The number of hydrogen-bond acceptors (Lipinski definition) is 10. The molecule has 10 nitrogen and oxygen atoms in total. The van der Waals surface area contributed by atoms with Crippen LogP contribution in [0.25, 0.3) is 11.2 Å². The molecule has 2 rings (SSSR count). The summed E-state index contributed by atoms with van der Waals surface area (Å²) in [7, 11) is 0. The standard InChI is InChI=1S/C13H21N5O5S/c1-2-24-13(10(23)9(22)8(21)6(20)3-19)18-5-17-7-11(14)15-4-16-12(7)18/h4-6,8-10,13,19-23H,2-3H2,1H3,(H2,14,15,16)/t6-,8-,9-,10+,13+/m1/s1. The molecule has 2 aromatic heterocycles. The van der Waals surface area contributed by atoms with E-state index in [1.807, 2.05) is 6.92 Å². The van der Waals surface area contributed by atoms with Crippen LogP contribution in [0.3, 0.4) is 0 Å². The highest BCUT2D eigenvalue weighted by molar-refractivity contribution is 7.99. The molecule has 2 aromatic rings. The van der Waals surface area contributed by atoms with Crippen LogP contribution in [0.15, 0.2) is 12.7 Å². The van der Waals surface area contributed by atoms with Crippen molar-refractivity contribution in [3.8, 4) is 0 Å². The van der Waals surface area contributed by atoms with Crippen molar-refractivity contribution >= 4 is 28.7 Å². The summed E-state index contributed by atoms with van der Waals surface area (Å²) in [6, 6.07) is 0. The van der Waals surface area contributed by atoms with E-state index < -0.39 is 36.4 Å². The van der Waals surface area contributed by atoms with Gasteiger partial charge in [-0.15, -0.1) is 11.8 Å². The van der Waals surface area contributed by atoms with E-state index in [1.54, 1.807) is 0 Å². The van der Waals surface area contributed by atoms with Crippen LogP contribution < -0.4 is 5.73 Å². The molecule has 0 amide bonds. The molecule has 7 N–H and O–H groups in total. The van der Waals surface area contributed by atoms with E-state index >= 15 is 0 Å². The third kappa shape index (κ3) is 3.61. The highest BCUT2D eigenvalue weighted by Gasteiger charge is 2.36. The normalized spacial score (nSPS) is 18.2. The molecule has 0 fully saturated rings. The molecule has 0 aliphatic rings. The number of hydrogen-bond donors (Lipinski definition) is 6. The fourth-order valence-electron chi connectivity index (χ4n) is 2.28. The molecule has 0 unspecified atom stereocenters. The molecule has 0 aliphatic carbocycles. The second-order valence-corrected chi connectivity index (χ2v) is 6.54. The average molecular weight is 359 g/mol. The lowest BCUT2D eigenvalue weighted by atomic mass is 10.0. The maximum atomic E-state index is 10.5. The Hall–Kier alpha value is -1.50. The Morgan fingerprint density at radius 3 is 2.46 bits per heavy atom. The fourth-order valence-corrected chi connectivity index (χ4v) is 3.29. The molecule has 5 atom stereocenters. The summed E-state index contributed by atoms with van der Waals surface area (Å²) in [4.78, 5) is 12.0. The number of imidazole rings is 1. The summed E-state index contributed by atoms with van der Waals surface area (Å²) < 4.78 is 1.52. The zero-order valence-corrected chi connectivity index (χ0v) is 13.8. The molecule has 24 heavy (non-hydrogen) atoms. The van der Waals surface area contributed by atoms with Gasteiger partial charge in [0.15, 0.2) is 11.5 Å². The Morgan fingerprint density at radius 2 is 1.83 bits per heavy atom. The molecule has 0 aromatic carbocycles. The van der Waals surface area contributed by atoms with Gasteiger partial charge in [0.2, 0.25) is 0 Å². The number of aliphatic hydroxyl groups excluding tert-OH is 5. The highest BCUT2D eigenvalue weighted by atomic mass is 32.2. The molecule has 2 heterocycles. The smallest absolute Gasteiger partial charge is 0.166 e. The van der Waals surface area contributed by atoms with Gasteiger partial charge in [-0.1, -0.05) is 6.92 Å². The average Bonchev–Trinajstić information content (AvgIpc) is 3.02. The minimum atomic E-state index is -1.71. The second-order valence-electron chi connectivity index (χ2n) is 5.15. The van der Waals surface area contributed by atoms with Crippen molar-refractivity contribution < 1.29 is 25.5 Å². The molecular weight excluding hydrogens is 338 g/mol. The number of nitrogens with two attached hydrogens (primary N) is 1. The summed E-state index contributed by atoms with van der Waals surface area (Å²) in [6.07, 6.45) is -3.75. The van der Waals surface area contributed by atoms with Crippen LogP contribution in [0.5, 0.6) is 0 Å². The lowest BCUT2D eigenvalue weighted by Gasteiger charge is -2.31. The molecule has 134 valence electrons. The van der Waals surface area contributed by atoms with Crippen molar-refractivity contribution in [3.05, 3.63) is 12.7 Å². The SMILES string of the molecule is CCS[C@@H]([C@@H](O)[C@H](O)[C@H](O)[C@H](O)CO)n1cnc2c(N)ncnc21. The van der Waals surface area contributed by atoms with Crippen molar-refractivity contribution in [2.75, 3.05) is 18.1 Å². The van der Waals surface area contributed by atoms with Crippen LogP contribution in [0.4, 0.5) is 5.82 Å². The van der Waals surface area contributed by atoms with Crippen molar-refractivity contribution in [2.45, 2.75) is 36.7 Å². The van der Waals surface area contributed by atoms with E-state index in [0.717, 1.165) is 0 Å². The summed E-state index contributed by atoms with van der Waals surface area (Å²) in [5.74, 6) is 0.776. The van der Waals surface area contributed by atoms with Gasteiger partial charge in [-0.2, -0.15) is 0 Å². The highest BCUT2D eigenvalue weighted by Crippen LogP contribution is 2.32. The zero-order valence-electron chi connectivity index (χ0n) is 13.0. The van der Waals surface area contributed by atoms with E-state index in [9.17, 15) is 20.4 Å². The number of nitrogen functional groups attached to an aromatic ring is 1. The van der Waals surface area contributed by atoms with E-state index in [-0.39, 0.29) is 5.82 Å². The first kappa shape index (κ1) is 18.8. The van der Waals surface area contributed by atoms with Crippen molar-refractivity contribution in [2.24, 2.45) is 0 Å². The van der Waals surface area contributed by atoms with E-state index in [4.69, 9.17) is 10.8 Å². The third-order valence-electron chi connectivity index (χ3n) is 3.57. The molecule has 0 aliphatic heterocycles. The maximum Gasteiger partial charge on any atom is 0.166 e. The zero-order chi connectivity index (χ0) is 17.9. The van der Waals surface area contributed by atoms with Crippen LogP contribution in [0, 0.1) is 0 Å². The molecule has 0 radical (unpaired) electrons. The van der Waals surface area contributed by atoms with Gasteiger partial charge >= 0.3 is 0 Å². The van der Waals surface area contributed by atoms with Crippen LogP contribution >= 0.6 is 11.8 Å². The Labute approximate surface area is 142 Å². The third-order valence-corrected chi connectivity index (χ3v) is 4.75. The monoisotopic (exact) mass is 359 g/mol. The van der Waals surface area contributed by atoms with Crippen LogP contribution in [0.1, 0.15) is 12.3 Å². The van der Waals surface area contributed by atoms with Gasteiger partial charge in [0.05, 0.1) is 12.9 Å². The number of nitrogens with zero attached hydrogens (tertiary/aromatic N) is 4. The van der Waals surface area contributed by atoms with Gasteiger partial charge in [-0.25, -0.2) is 15.0 Å². The topological polar surface area (TPSA) is 171 Å². The second kappa shape index (κ2) is 8.05. The number of aromatic nitrogens is 4. The van der Waals surface area contributed by atoms with E-state index in [2.05, 4.69) is 15.0 Å². The number of aliphatic hydroxyl groups is 5. The first-order chi connectivity index (χ1) is 11.4. The molecular formula is C13H21N5O5S. The number of rotatable bonds is 8. The Bertz CT molecular complexity index is 671. The molecule has 11 heteroatoms. The first-order valence-corrected chi connectivity index (χ1v) is 8.34. The molecule has 0 saturated heterocycles. The lowest BCUT2D eigenvalue weighted by molar-refractivity contribution is -0.118. The summed E-state index contributed by atoms with van der Waals surface area (Å²) in [5.41, 5.74) is 6.47. The van der Waals surface area contributed by atoms with E-state index in [1.165, 1.54) is 29.0 Å². The lowest BCUT2D eigenvalue weighted by Crippen LogP contribution is -2.48. The predicted molar refractivity (Wildman–Crippen MR) is 88.0 cm³/mol. The van der Waals surface area contributed by atoms with Gasteiger partial charge in [0.1, 0.15) is 41.6 Å². The predicted octanol–water partition coefficient (Wildman–Crippen LogP) is -1.90. The van der Waals surface area contributed by atoms with Crippen molar-refractivity contribution in [1.82, 2.24) is 19.5 Å².